The van der Waals surface area contributed by atoms with Crippen LogP contribution in [0.4, 0.5) is 0 Å². The van der Waals surface area contributed by atoms with Crippen LogP contribution in [0.2, 0.25) is 0 Å². The van der Waals surface area contributed by atoms with E-state index in [4.69, 9.17) is 0 Å². The van der Waals surface area contributed by atoms with Crippen molar-refractivity contribution >= 4 is 26.8 Å². The molecule has 0 N–H and O–H groups in total. The Labute approximate surface area is 126 Å². The van der Waals surface area contributed by atoms with E-state index in [1.54, 1.807) is 6.33 Å². The summed E-state index contributed by atoms with van der Waals surface area (Å²) in [4.78, 5) is 4.39. The van der Waals surface area contributed by atoms with Gasteiger partial charge < -0.3 is 4.57 Å². The molecule has 5 heteroatoms. The second-order valence-corrected chi connectivity index (χ2v) is 6.22. The Morgan fingerprint density at radius 1 is 1.25 bits per heavy atom. The van der Waals surface area contributed by atoms with E-state index in [0.717, 1.165) is 23.4 Å². The molecule has 3 aromatic rings. The van der Waals surface area contributed by atoms with Crippen LogP contribution < -0.4 is 0 Å². The standard InChI is InChI=1S/C15H17BrN4/c1-11(2)8-20-15(17-10-18-20)9-19-7-6-12-13(16)4-3-5-14(12)19/h3-7,10-11H,8-9H2,1-2H3. The maximum atomic E-state index is 4.39. The Bertz CT molecular complexity index is 726. The van der Waals surface area contributed by atoms with Crippen LogP contribution in [-0.2, 0) is 13.1 Å². The largest absolute Gasteiger partial charge is 0.340 e. The van der Waals surface area contributed by atoms with Gasteiger partial charge in [-0.3, -0.25) is 0 Å². The second-order valence-electron chi connectivity index (χ2n) is 5.37. The quantitative estimate of drug-likeness (QED) is 0.730. The third-order valence-corrected chi connectivity index (χ3v) is 4.00. The number of nitrogens with zero attached hydrogens (tertiary/aromatic N) is 4. The van der Waals surface area contributed by atoms with Gasteiger partial charge in [-0.05, 0) is 24.1 Å². The molecule has 0 unspecified atom stereocenters. The van der Waals surface area contributed by atoms with Gasteiger partial charge in [-0.15, -0.1) is 0 Å². The summed E-state index contributed by atoms with van der Waals surface area (Å²) in [7, 11) is 0. The van der Waals surface area contributed by atoms with Crippen molar-refractivity contribution in [2.75, 3.05) is 0 Å². The predicted molar refractivity (Wildman–Crippen MR) is 83.6 cm³/mol. The number of halogens is 1. The fourth-order valence-corrected chi connectivity index (χ4v) is 2.87. The number of hydrogen-bond acceptors (Lipinski definition) is 2. The lowest BCUT2D eigenvalue weighted by Gasteiger charge is -2.10. The molecule has 0 aliphatic heterocycles. The first-order chi connectivity index (χ1) is 9.65. The summed E-state index contributed by atoms with van der Waals surface area (Å²) < 4.78 is 5.33. The third-order valence-electron chi connectivity index (χ3n) is 3.31. The average molecular weight is 333 g/mol. The van der Waals surface area contributed by atoms with Crippen molar-refractivity contribution in [1.82, 2.24) is 19.3 Å². The zero-order valence-electron chi connectivity index (χ0n) is 11.6. The van der Waals surface area contributed by atoms with Crippen LogP contribution in [0.1, 0.15) is 19.7 Å². The third kappa shape index (κ3) is 2.50. The van der Waals surface area contributed by atoms with Crippen molar-refractivity contribution in [2.24, 2.45) is 5.92 Å². The fourth-order valence-electron chi connectivity index (χ4n) is 2.39. The molecule has 0 radical (unpaired) electrons. The van der Waals surface area contributed by atoms with Crippen molar-refractivity contribution in [3.63, 3.8) is 0 Å². The lowest BCUT2D eigenvalue weighted by Crippen LogP contribution is -2.12. The van der Waals surface area contributed by atoms with E-state index < -0.39 is 0 Å². The molecule has 0 saturated heterocycles. The number of fused-ring (bicyclic) bond motifs is 1. The van der Waals surface area contributed by atoms with Gasteiger partial charge in [-0.1, -0.05) is 35.8 Å². The molecule has 20 heavy (non-hydrogen) atoms. The maximum absolute atomic E-state index is 4.39. The Hall–Kier alpha value is -1.62. The summed E-state index contributed by atoms with van der Waals surface area (Å²) in [5, 5.41) is 5.54. The highest BCUT2D eigenvalue weighted by Gasteiger charge is 2.09. The van der Waals surface area contributed by atoms with Crippen molar-refractivity contribution in [3.8, 4) is 0 Å². The Kier molecular flexibility index (Phi) is 3.61. The smallest absolute Gasteiger partial charge is 0.146 e. The van der Waals surface area contributed by atoms with E-state index >= 15 is 0 Å². The van der Waals surface area contributed by atoms with Crippen LogP contribution >= 0.6 is 15.9 Å². The van der Waals surface area contributed by atoms with Crippen LogP contribution in [0.3, 0.4) is 0 Å². The van der Waals surface area contributed by atoms with Gasteiger partial charge in [0.15, 0.2) is 0 Å². The summed E-state index contributed by atoms with van der Waals surface area (Å²) in [6.07, 6.45) is 3.74. The first kappa shape index (κ1) is 13.4. The number of hydrogen-bond donors (Lipinski definition) is 0. The van der Waals surface area contributed by atoms with E-state index in [-0.39, 0.29) is 0 Å². The normalized spacial score (nSPS) is 11.6. The van der Waals surface area contributed by atoms with Gasteiger partial charge in [0.25, 0.3) is 0 Å². The van der Waals surface area contributed by atoms with E-state index in [1.165, 1.54) is 10.9 Å². The Morgan fingerprint density at radius 2 is 2.10 bits per heavy atom. The topological polar surface area (TPSA) is 35.6 Å². The molecule has 1 aromatic carbocycles. The summed E-state index contributed by atoms with van der Waals surface area (Å²) >= 11 is 3.59. The lowest BCUT2D eigenvalue weighted by atomic mass is 10.2. The summed E-state index contributed by atoms with van der Waals surface area (Å²) in [5.74, 6) is 1.56. The second kappa shape index (κ2) is 5.40. The maximum Gasteiger partial charge on any atom is 0.146 e. The molecule has 2 aromatic heterocycles. The van der Waals surface area contributed by atoms with Crippen LogP contribution in [0.15, 0.2) is 41.3 Å². The van der Waals surface area contributed by atoms with Crippen molar-refractivity contribution < 1.29 is 0 Å². The molecule has 0 amide bonds. The highest BCUT2D eigenvalue weighted by Crippen LogP contribution is 2.25. The van der Waals surface area contributed by atoms with Crippen LogP contribution in [0, 0.1) is 5.92 Å². The molecule has 0 aliphatic rings. The number of rotatable bonds is 4. The molecule has 104 valence electrons. The van der Waals surface area contributed by atoms with E-state index in [1.807, 2.05) is 4.68 Å². The van der Waals surface area contributed by atoms with Crippen LogP contribution in [0.5, 0.6) is 0 Å². The van der Waals surface area contributed by atoms with E-state index in [2.05, 4.69) is 74.9 Å². The minimum absolute atomic E-state index is 0.561. The molecular formula is C15H17BrN4. The molecule has 0 saturated carbocycles. The van der Waals surface area contributed by atoms with Gasteiger partial charge in [0.2, 0.25) is 0 Å². The van der Waals surface area contributed by atoms with Gasteiger partial charge in [0, 0.05) is 28.1 Å². The highest BCUT2D eigenvalue weighted by atomic mass is 79.9. The minimum atomic E-state index is 0.561. The zero-order valence-corrected chi connectivity index (χ0v) is 13.2. The Balaban J connectivity index is 1.94. The van der Waals surface area contributed by atoms with Crippen molar-refractivity contribution in [3.05, 3.63) is 47.1 Å². The first-order valence-corrected chi connectivity index (χ1v) is 7.54. The minimum Gasteiger partial charge on any atom is -0.340 e. The van der Waals surface area contributed by atoms with Gasteiger partial charge in [0.05, 0.1) is 6.54 Å². The predicted octanol–water partition coefficient (Wildman–Crippen LogP) is 3.70. The van der Waals surface area contributed by atoms with Gasteiger partial charge in [-0.2, -0.15) is 5.10 Å². The lowest BCUT2D eigenvalue weighted by molar-refractivity contribution is 0.462. The average Bonchev–Trinajstić information content (AvgIpc) is 2.99. The van der Waals surface area contributed by atoms with Gasteiger partial charge in [-0.25, -0.2) is 9.67 Å². The van der Waals surface area contributed by atoms with Gasteiger partial charge >= 0.3 is 0 Å². The van der Waals surface area contributed by atoms with Crippen molar-refractivity contribution in [2.45, 2.75) is 26.9 Å². The number of benzene rings is 1. The fraction of sp³-hybridized carbons (Fsp3) is 0.333. The SMILES string of the molecule is CC(C)Cn1ncnc1Cn1ccc2c(Br)cccc21. The van der Waals surface area contributed by atoms with Gasteiger partial charge in [0.1, 0.15) is 12.2 Å². The first-order valence-electron chi connectivity index (χ1n) is 6.75. The zero-order chi connectivity index (χ0) is 14.1. The summed E-state index contributed by atoms with van der Waals surface area (Å²) in [6, 6.07) is 8.38. The highest BCUT2D eigenvalue weighted by molar-refractivity contribution is 9.10. The molecule has 0 fully saturated rings. The molecule has 3 rings (SSSR count). The molecule has 4 nitrogen and oxygen atoms in total. The number of aromatic nitrogens is 4. The van der Waals surface area contributed by atoms with Crippen LogP contribution in [-0.4, -0.2) is 19.3 Å². The van der Waals surface area contributed by atoms with Crippen LogP contribution in [0.25, 0.3) is 10.9 Å². The Morgan fingerprint density at radius 3 is 2.90 bits per heavy atom. The molecule has 0 bridgehead atoms. The molecular weight excluding hydrogens is 316 g/mol. The molecule has 0 atom stereocenters. The summed E-state index contributed by atoms with van der Waals surface area (Å²) in [6.45, 7) is 6.02. The van der Waals surface area contributed by atoms with E-state index in [9.17, 15) is 0 Å². The summed E-state index contributed by atoms with van der Waals surface area (Å²) in [5.41, 5.74) is 1.21. The molecule has 2 heterocycles. The molecule has 0 aliphatic carbocycles. The molecule has 0 spiro atoms. The van der Waals surface area contributed by atoms with E-state index in [0.29, 0.717) is 5.92 Å². The van der Waals surface area contributed by atoms with Crippen molar-refractivity contribution in [1.29, 1.82) is 0 Å². The monoisotopic (exact) mass is 332 g/mol.